The van der Waals surface area contributed by atoms with Crippen LogP contribution in [-0.2, 0) is 16.5 Å². The predicted octanol–water partition coefficient (Wildman–Crippen LogP) is 10.7. The number of hydrogen-bond acceptors (Lipinski definition) is 5. The third-order valence-corrected chi connectivity index (χ3v) is 9.11. The first-order chi connectivity index (χ1) is 22.8. The fourth-order valence-electron chi connectivity index (χ4n) is 5.17. The highest BCUT2D eigenvalue weighted by molar-refractivity contribution is 7.80. The third-order valence-electron chi connectivity index (χ3n) is 8.11. The maximum atomic E-state index is 13.0. The number of hydrogen-bond donors (Lipinski definition) is 0. The lowest BCUT2D eigenvalue weighted by molar-refractivity contribution is 0.413. The second-order valence-electron chi connectivity index (χ2n) is 11.7. The molecule has 0 aromatic heterocycles. The molecule has 0 aliphatic rings. The normalized spacial score (nSPS) is 11.8. The minimum absolute atomic E-state index is 0.0991. The highest BCUT2D eigenvalue weighted by atomic mass is 32.2. The van der Waals surface area contributed by atoms with E-state index in [1.165, 1.54) is 16.7 Å². The van der Waals surface area contributed by atoms with Gasteiger partial charge in [0.2, 0.25) is 11.1 Å². The van der Waals surface area contributed by atoms with Gasteiger partial charge >= 0.3 is 0 Å². The van der Waals surface area contributed by atoms with E-state index in [1.54, 1.807) is 31.4 Å². The van der Waals surface area contributed by atoms with Crippen molar-refractivity contribution in [1.82, 2.24) is 0 Å². The molecule has 0 heterocycles. The summed E-state index contributed by atoms with van der Waals surface area (Å²) < 4.78 is 35.7. The molecule has 0 amide bonds. The highest BCUT2D eigenvalue weighted by Crippen LogP contribution is 2.34. The molecule has 0 bridgehead atoms. The van der Waals surface area contributed by atoms with Crippen molar-refractivity contribution in [2.75, 3.05) is 7.11 Å². The predicted molar refractivity (Wildman–Crippen MR) is 188 cm³/mol. The van der Waals surface area contributed by atoms with E-state index in [4.69, 9.17) is 18.4 Å². The lowest BCUT2D eigenvalue weighted by atomic mass is 9.77. The van der Waals surface area contributed by atoms with E-state index >= 15 is 0 Å². The van der Waals surface area contributed by atoms with Gasteiger partial charge in [0.1, 0.15) is 34.5 Å². The van der Waals surface area contributed by atoms with Crippen LogP contribution in [0, 0.1) is 6.92 Å². The summed E-state index contributed by atoms with van der Waals surface area (Å²) in [5.41, 5.74) is 5.87. The van der Waals surface area contributed by atoms with E-state index in [2.05, 4.69) is 69.3 Å². The van der Waals surface area contributed by atoms with E-state index in [0.717, 1.165) is 16.9 Å². The molecule has 0 saturated carbocycles. The van der Waals surface area contributed by atoms with Crippen LogP contribution in [0.25, 0.3) is 11.1 Å². The van der Waals surface area contributed by atoms with E-state index in [0.29, 0.717) is 33.6 Å². The van der Waals surface area contributed by atoms with Gasteiger partial charge < -0.3 is 18.4 Å². The summed E-state index contributed by atoms with van der Waals surface area (Å²) in [6.07, 6.45) is 0. The van der Waals surface area contributed by atoms with Crippen molar-refractivity contribution in [3.8, 4) is 45.6 Å². The Morgan fingerprint density at radius 1 is 0.468 bits per heavy atom. The van der Waals surface area contributed by atoms with Crippen LogP contribution in [0.2, 0.25) is 0 Å². The number of rotatable bonds is 11. The second kappa shape index (κ2) is 14.0. The summed E-state index contributed by atoms with van der Waals surface area (Å²) >= 11 is -1.68. The average Bonchev–Trinajstić information content (AvgIpc) is 3.10. The molecule has 236 valence electrons. The van der Waals surface area contributed by atoms with Crippen molar-refractivity contribution in [2.45, 2.75) is 31.1 Å². The molecule has 1 unspecified atom stereocenters. The molecule has 6 heteroatoms. The van der Waals surface area contributed by atoms with E-state index < -0.39 is 11.1 Å². The van der Waals surface area contributed by atoms with Gasteiger partial charge in [-0.15, -0.1) is 0 Å². The molecule has 6 rings (SSSR count). The van der Waals surface area contributed by atoms with E-state index in [-0.39, 0.29) is 5.41 Å². The van der Waals surface area contributed by atoms with Crippen LogP contribution in [0.3, 0.4) is 0 Å². The monoisotopic (exact) mass is 640 g/mol. The van der Waals surface area contributed by atoms with E-state index in [1.807, 2.05) is 72.8 Å². The first kappa shape index (κ1) is 31.6. The molecular formula is C41H36O5S. The molecule has 0 aliphatic carbocycles. The van der Waals surface area contributed by atoms with Gasteiger partial charge in [-0.1, -0.05) is 80.1 Å². The van der Waals surface area contributed by atoms with Crippen LogP contribution >= 0.6 is 0 Å². The molecule has 0 aliphatic heterocycles. The molecule has 0 spiro atoms. The minimum atomic E-state index is -1.68. The van der Waals surface area contributed by atoms with Crippen molar-refractivity contribution in [2.24, 2.45) is 0 Å². The number of methoxy groups -OCH3 is 1. The molecule has 1 atom stereocenters. The Bertz CT molecular complexity index is 1930. The molecule has 5 nitrogen and oxygen atoms in total. The van der Waals surface area contributed by atoms with E-state index in [9.17, 15) is 4.21 Å². The summed E-state index contributed by atoms with van der Waals surface area (Å²) in [5, 5.41) is 0. The fourth-order valence-corrected chi connectivity index (χ4v) is 5.91. The van der Waals surface area contributed by atoms with Crippen molar-refractivity contribution < 1.29 is 22.6 Å². The third kappa shape index (κ3) is 7.74. The first-order valence-corrected chi connectivity index (χ1v) is 16.4. The van der Waals surface area contributed by atoms with Gasteiger partial charge in [-0.25, -0.2) is 4.21 Å². The van der Waals surface area contributed by atoms with Crippen LogP contribution in [-0.4, -0.2) is 11.3 Å². The van der Waals surface area contributed by atoms with Gasteiger partial charge in [0, 0.05) is 5.41 Å². The number of aryl methyl sites for hydroxylation is 1. The van der Waals surface area contributed by atoms with Gasteiger partial charge in [-0.05, 0) is 114 Å². The highest BCUT2D eigenvalue weighted by Gasteiger charge is 2.23. The van der Waals surface area contributed by atoms with Crippen LogP contribution in [0.15, 0.2) is 150 Å². The maximum Gasteiger partial charge on any atom is 0.240 e. The Morgan fingerprint density at radius 2 is 0.830 bits per heavy atom. The first-order valence-electron chi connectivity index (χ1n) is 15.3. The van der Waals surface area contributed by atoms with Crippen molar-refractivity contribution in [1.29, 1.82) is 0 Å². The zero-order valence-corrected chi connectivity index (χ0v) is 27.6. The van der Waals surface area contributed by atoms with Gasteiger partial charge in [0.15, 0.2) is 0 Å². The quantitative estimate of drug-likeness (QED) is 0.141. The average molecular weight is 641 g/mol. The minimum Gasteiger partial charge on any atom is -0.497 e. The summed E-state index contributed by atoms with van der Waals surface area (Å²) in [4.78, 5) is 0.538. The lowest BCUT2D eigenvalue weighted by Gasteiger charge is -2.26. The zero-order chi connectivity index (χ0) is 32.8. The second-order valence-corrected chi connectivity index (χ2v) is 12.8. The molecular weight excluding hydrogens is 605 g/mol. The Morgan fingerprint density at radius 3 is 1.28 bits per heavy atom. The smallest absolute Gasteiger partial charge is 0.240 e. The fraction of sp³-hybridized carbons (Fsp3) is 0.122. The molecule has 0 radical (unpaired) electrons. The summed E-state index contributed by atoms with van der Waals surface area (Å²) in [7, 11) is 1.63. The Labute approximate surface area is 279 Å². The molecule has 6 aromatic carbocycles. The van der Waals surface area contributed by atoms with Crippen molar-refractivity contribution >= 4 is 11.1 Å². The van der Waals surface area contributed by atoms with Gasteiger partial charge in [0.05, 0.1) is 12.0 Å². The van der Waals surface area contributed by atoms with Crippen LogP contribution in [0.1, 0.15) is 30.5 Å². The van der Waals surface area contributed by atoms with Gasteiger partial charge in [0.25, 0.3) is 0 Å². The summed E-state index contributed by atoms with van der Waals surface area (Å²) in [5.74, 6) is 3.97. The van der Waals surface area contributed by atoms with Crippen molar-refractivity contribution in [3.05, 3.63) is 162 Å². The molecule has 47 heavy (non-hydrogen) atoms. The van der Waals surface area contributed by atoms with Crippen LogP contribution in [0.5, 0.6) is 34.5 Å². The van der Waals surface area contributed by atoms with Gasteiger partial charge in [-0.2, -0.15) is 0 Å². The molecule has 0 saturated heterocycles. The maximum absolute atomic E-state index is 13.0. The molecule has 0 N–H and O–H groups in total. The summed E-state index contributed by atoms with van der Waals surface area (Å²) in [6, 6.07) is 46.8. The van der Waals surface area contributed by atoms with Gasteiger partial charge in [-0.3, -0.25) is 0 Å². The standard InChI is InChI=1S/C41H36O5S/c1-29-5-11-32(12-6-29)41(2,3)33-13-7-30(8-14-33)31-9-15-39(16-10-31)46-47(42)40-27-25-38(26-28-40)45-37-23-21-36(22-24-37)44-35-19-17-34(43-4)18-20-35/h5-28H,1-4H3. The molecule has 0 fully saturated rings. The largest absolute Gasteiger partial charge is 0.497 e. The number of benzene rings is 6. The van der Waals surface area contributed by atoms with Crippen LogP contribution in [0.4, 0.5) is 0 Å². The Kier molecular flexibility index (Phi) is 9.41. The van der Waals surface area contributed by atoms with Crippen molar-refractivity contribution in [3.63, 3.8) is 0 Å². The molecule has 6 aromatic rings. The topological polar surface area (TPSA) is 54.0 Å². The lowest BCUT2D eigenvalue weighted by Crippen LogP contribution is -2.18. The Hall–Kier alpha value is -5.33. The zero-order valence-electron chi connectivity index (χ0n) is 26.8. The Balaban J connectivity index is 1.03. The summed E-state index contributed by atoms with van der Waals surface area (Å²) in [6.45, 7) is 6.61. The number of ether oxygens (including phenoxy) is 3. The SMILES string of the molecule is COc1ccc(Oc2ccc(Oc3ccc(S(=O)Oc4ccc(-c5ccc(C(C)(C)c6ccc(C)cc6)cc5)cc4)cc3)cc2)cc1. The van der Waals surface area contributed by atoms with Crippen LogP contribution < -0.4 is 18.4 Å².